The summed E-state index contributed by atoms with van der Waals surface area (Å²) < 4.78 is 0. The summed E-state index contributed by atoms with van der Waals surface area (Å²) in [5.41, 5.74) is 5.54. The molecule has 0 aliphatic carbocycles. The molecular formula is C19H24ClN3. The number of halogens is 1. The van der Waals surface area contributed by atoms with Gasteiger partial charge in [-0.05, 0) is 55.7 Å². The molecule has 3 nitrogen and oxygen atoms in total. The van der Waals surface area contributed by atoms with Gasteiger partial charge in [-0.3, -0.25) is 0 Å². The first-order valence-electron chi connectivity index (χ1n) is 7.84. The lowest BCUT2D eigenvalue weighted by Gasteiger charge is -2.14. The second-order valence-corrected chi connectivity index (χ2v) is 6.12. The Kier molecular flexibility index (Phi) is 6.05. The summed E-state index contributed by atoms with van der Waals surface area (Å²) in [6.07, 6.45) is 1.87. The van der Waals surface area contributed by atoms with E-state index in [1.54, 1.807) is 0 Å². The van der Waals surface area contributed by atoms with E-state index in [1.165, 1.54) is 5.56 Å². The molecule has 0 bridgehead atoms. The fraction of sp³-hybridized carbons (Fsp3) is 0.316. The van der Waals surface area contributed by atoms with E-state index < -0.39 is 0 Å². The Balaban J connectivity index is 2.14. The van der Waals surface area contributed by atoms with Gasteiger partial charge in [0.1, 0.15) is 0 Å². The van der Waals surface area contributed by atoms with E-state index in [4.69, 9.17) is 11.6 Å². The summed E-state index contributed by atoms with van der Waals surface area (Å²) in [5.74, 6) is 0. The van der Waals surface area contributed by atoms with Crippen LogP contribution in [0.3, 0.4) is 0 Å². The van der Waals surface area contributed by atoms with Crippen molar-refractivity contribution >= 4 is 29.3 Å². The zero-order valence-corrected chi connectivity index (χ0v) is 15.0. The molecular weight excluding hydrogens is 306 g/mol. The lowest BCUT2D eigenvalue weighted by atomic mass is 10.1. The molecule has 0 aliphatic rings. The zero-order valence-electron chi connectivity index (χ0n) is 14.2. The van der Waals surface area contributed by atoms with Gasteiger partial charge in [0.05, 0.1) is 12.0 Å². The lowest BCUT2D eigenvalue weighted by Crippen LogP contribution is -2.14. The van der Waals surface area contributed by atoms with E-state index >= 15 is 0 Å². The van der Waals surface area contributed by atoms with Crippen LogP contribution < -0.4 is 5.32 Å². The van der Waals surface area contributed by atoms with Crippen LogP contribution in [0.2, 0.25) is 5.02 Å². The van der Waals surface area contributed by atoms with Gasteiger partial charge < -0.3 is 10.2 Å². The molecule has 0 atom stereocenters. The van der Waals surface area contributed by atoms with Gasteiger partial charge in [-0.15, -0.1) is 0 Å². The maximum absolute atomic E-state index is 6.21. The number of hydrogen-bond donors (Lipinski definition) is 1. The predicted octanol–water partition coefficient (Wildman–Crippen LogP) is 5.18. The lowest BCUT2D eigenvalue weighted by molar-refractivity contribution is 0.552. The van der Waals surface area contributed by atoms with Gasteiger partial charge in [0.2, 0.25) is 0 Å². The molecule has 4 heteroatoms. The summed E-state index contributed by atoms with van der Waals surface area (Å²) in [6.45, 7) is 7.93. The Morgan fingerprint density at radius 2 is 1.91 bits per heavy atom. The van der Waals surface area contributed by atoms with Crippen molar-refractivity contribution in [2.45, 2.75) is 27.3 Å². The summed E-state index contributed by atoms with van der Waals surface area (Å²) in [7, 11) is 2.02. The highest BCUT2D eigenvalue weighted by Crippen LogP contribution is 2.27. The van der Waals surface area contributed by atoms with Crippen LogP contribution in [0.15, 0.2) is 41.4 Å². The van der Waals surface area contributed by atoms with Crippen LogP contribution in [-0.2, 0) is 6.54 Å². The number of benzene rings is 2. The third-order valence-corrected chi connectivity index (χ3v) is 4.23. The van der Waals surface area contributed by atoms with Crippen LogP contribution >= 0.6 is 11.6 Å². The molecule has 2 aromatic carbocycles. The summed E-state index contributed by atoms with van der Waals surface area (Å²) in [5, 5.41) is 4.26. The molecule has 0 heterocycles. The zero-order chi connectivity index (χ0) is 16.8. The van der Waals surface area contributed by atoms with E-state index in [0.717, 1.165) is 34.1 Å². The monoisotopic (exact) mass is 329 g/mol. The van der Waals surface area contributed by atoms with E-state index in [9.17, 15) is 0 Å². The molecule has 2 aromatic rings. The predicted molar refractivity (Wildman–Crippen MR) is 101 cm³/mol. The van der Waals surface area contributed by atoms with Crippen LogP contribution in [0.25, 0.3) is 0 Å². The normalized spacial score (nSPS) is 11.0. The molecule has 122 valence electrons. The molecule has 0 amide bonds. The summed E-state index contributed by atoms with van der Waals surface area (Å²) in [4.78, 5) is 6.62. The molecule has 0 fully saturated rings. The van der Waals surface area contributed by atoms with Gasteiger partial charge in [-0.1, -0.05) is 29.8 Å². The maximum atomic E-state index is 6.21. The van der Waals surface area contributed by atoms with Crippen LogP contribution in [-0.4, -0.2) is 24.8 Å². The fourth-order valence-electron chi connectivity index (χ4n) is 2.21. The van der Waals surface area contributed by atoms with Crippen LogP contribution in [0.4, 0.5) is 11.4 Å². The van der Waals surface area contributed by atoms with E-state index in [-0.39, 0.29) is 0 Å². The molecule has 2 rings (SSSR count). The molecule has 0 aromatic heterocycles. The highest BCUT2D eigenvalue weighted by atomic mass is 35.5. The van der Waals surface area contributed by atoms with E-state index in [1.807, 2.05) is 37.7 Å². The van der Waals surface area contributed by atoms with Gasteiger partial charge in [0, 0.05) is 30.8 Å². The van der Waals surface area contributed by atoms with Crippen molar-refractivity contribution in [2.24, 2.45) is 4.99 Å². The Morgan fingerprint density at radius 3 is 2.61 bits per heavy atom. The summed E-state index contributed by atoms with van der Waals surface area (Å²) >= 11 is 6.21. The highest BCUT2D eigenvalue weighted by Gasteiger charge is 2.05. The Morgan fingerprint density at radius 1 is 1.17 bits per heavy atom. The first-order chi connectivity index (χ1) is 11.0. The second-order valence-electron chi connectivity index (χ2n) is 5.72. The van der Waals surface area contributed by atoms with Gasteiger partial charge >= 0.3 is 0 Å². The maximum Gasteiger partial charge on any atom is 0.0909 e. The topological polar surface area (TPSA) is 27.6 Å². The summed E-state index contributed by atoms with van der Waals surface area (Å²) in [6, 6.07) is 12.2. The minimum absolute atomic E-state index is 0.709. The van der Waals surface area contributed by atoms with Crippen molar-refractivity contribution < 1.29 is 0 Å². The quantitative estimate of drug-likeness (QED) is 0.584. The smallest absolute Gasteiger partial charge is 0.0909 e. The van der Waals surface area contributed by atoms with Crippen molar-refractivity contribution in [1.29, 1.82) is 0 Å². The molecule has 0 saturated carbocycles. The molecule has 0 aliphatic heterocycles. The van der Waals surface area contributed by atoms with Crippen LogP contribution in [0.1, 0.15) is 23.6 Å². The largest absolute Gasteiger partial charge is 0.381 e. The number of anilines is 1. The number of aliphatic imine (C=N–C) groups is 1. The third-order valence-electron chi connectivity index (χ3n) is 3.86. The Hall–Kier alpha value is -2.00. The molecule has 0 saturated heterocycles. The first-order valence-corrected chi connectivity index (χ1v) is 8.22. The molecule has 23 heavy (non-hydrogen) atoms. The number of rotatable bonds is 6. The number of nitrogens with zero attached hydrogens (tertiary/aromatic N) is 2. The van der Waals surface area contributed by atoms with Crippen molar-refractivity contribution in [1.82, 2.24) is 4.90 Å². The van der Waals surface area contributed by atoms with Gasteiger partial charge in [0.15, 0.2) is 0 Å². The molecule has 0 radical (unpaired) electrons. The van der Waals surface area contributed by atoms with Crippen LogP contribution in [0, 0.1) is 13.8 Å². The van der Waals surface area contributed by atoms with Crippen molar-refractivity contribution in [3.63, 3.8) is 0 Å². The van der Waals surface area contributed by atoms with Crippen molar-refractivity contribution in [3.8, 4) is 0 Å². The fourth-order valence-corrected chi connectivity index (χ4v) is 2.41. The van der Waals surface area contributed by atoms with Crippen molar-refractivity contribution in [2.75, 3.05) is 18.9 Å². The van der Waals surface area contributed by atoms with Gasteiger partial charge in [-0.2, -0.15) is 0 Å². The number of nitrogens with one attached hydrogen (secondary N) is 1. The van der Waals surface area contributed by atoms with Gasteiger partial charge in [-0.25, -0.2) is 4.99 Å². The minimum Gasteiger partial charge on any atom is -0.381 e. The first kappa shape index (κ1) is 17.4. The second kappa shape index (κ2) is 8.02. The van der Waals surface area contributed by atoms with E-state index in [0.29, 0.717) is 6.54 Å². The third kappa shape index (κ3) is 4.73. The average molecular weight is 330 g/mol. The number of aryl methyl sites for hydroxylation is 2. The Bertz CT molecular complexity index is 695. The van der Waals surface area contributed by atoms with E-state index in [2.05, 4.69) is 48.1 Å². The molecule has 1 N–H and O–H groups in total. The highest BCUT2D eigenvalue weighted by molar-refractivity contribution is 6.31. The standard InChI is InChI=1S/C19H24ClN3/c1-5-23(4)13-22-19-11-14(2)18(10-15(19)3)21-12-16-8-6-7-9-17(16)20/h6-11,13,21H,5,12H2,1-4H3. The number of hydrogen-bond acceptors (Lipinski definition) is 2. The Labute approximate surface area is 144 Å². The molecule has 0 spiro atoms. The molecule has 0 unspecified atom stereocenters. The van der Waals surface area contributed by atoms with Gasteiger partial charge in [0.25, 0.3) is 0 Å². The van der Waals surface area contributed by atoms with Crippen LogP contribution in [0.5, 0.6) is 0 Å². The minimum atomic E-state index is 0.709. The van der Waals surface area contributed by atoms with Crippen molar-refractivity contribution in [3.05, 3.63) is 58.1 Å². The average Bonchev–Trinajstić information content (AvgIpc) is 2.54. The SMILES string of the molecule is CCN(C)C=Nc1cc(C)c(NCc2ccccc2Cl)cc1C.